The predicted octanol–water partition coefficient (Wildman–Crippen LogP) is 2.07. The molecule has 0 amide bonds. The van der Waals surface area contributed by atoms with Crippen molar-refractivity contribution in [1.82, 2.24) is 20.4 Å². The van der Waals surface area contributed by atoms with Crippen LogP contribution in [0.25, 0.3) is 0 Å². The number of aryl methyl sites for hydroxylation is 2. The van der Waals surface area contributed by atoms with Crippen molar-refractivity contribution in [2.24, 2.45) is 12.0 Å². The van der Waals surface area contributed by atoms with Crippen molar-refractivity contribution in [3.05, 3.63) is 28.6 Å². The molecule has 0 spiro atoms. The van der Waals surface area contributed by atoms with E-state index in [-0.39, 0.29) is 24.0 Å². The third-order valence-corrected chi connectivity index (χ3v) is 2.90. The lowest BCUT2D eigenvalue weighted by Crippen LogP contribution is -2.37. The summed E-state index contributed by atoms with van der Waals surface area (Å²) in [7, 11) is 3.66. The average molecular weight is 398 g/mol. The summed E-state index contributed by atoms with van der Waals surface area (Å²) in [6, 6.07) is 0. The summed E-state index contributed by atoms with van der Waals surface area (Å²) in [6.07, 6.45) is 0. The number of rotatable bonds is 4. The topological polar surface area (TPSA) is 54.2 Å². The number of guanidine groups is 1. The van der Waals surface area contributed by atoms with Crippen LogP contribution < -0.4 is 10.6 Å². The van der Waals surface area contributed by atoms with E-state index in [9.17, 15) is 0 Å². The Kier molecular flexibility index (Phi) is 8.08. The van der Waals surface area contributed by atoms with E-state index in [0.717, 1.165) is 11.4 Å². The van der Waals surface area contributed by atoms with Crippen LogP contribution in [-0.4, -0.2) is 29.3 Å². The van der Waals surface area contributed by atoms with Crippen LogP contribution in [0.3, 0.4) is 0 Å². The minimum Gasteiger partial charge on any atom is -0.352 e. The van der Waals surface area contributed by atoms with E-state index < -0.39 is 0 Å². The molecule has 0 aromatic carbocycles. The highest BCUT2D eigenvalue weighted by Crippen LogP contribution is 2.10. The van der Waals surface area contributed by atoms with Gasteiger partial charge in [0.2, 0.25) is 0 Å². The van der Waals surface area contributed by atoms with Gasteiger partial charge in [-0.05, 0) is 13.8 Å². The molecular formula is C12H21ClIN5. The second-order valence-corrected chi connectivity index (χ2v) is 4.60. The number of aromatic nitrogens is 2. The fourth-order valence-electron chi connectivity index (χ4n) is 1.65. The van der Waals surface area contributed by atoms with E-state index in [1.807, 2.05) is 25.6 Å². The van der Waals surface area contributed by atoms with Gasteiger partial charge in [0.1, 0.15) is 0 Å². The number of aliphatic imine (C=N–C) groups is 1. The van der Waals surface area contributed by atoms with E-state index in [1.165, 1.54) is 5.56 Å². The summed E-state index contributed by atoms with van der Waals surface area (Å²) < 4.78 is 1.88. The molecule has 0 atom stereocenters. The van der Waals surface area contributed by atoms with Gasteiger partial charge >= 0.3 is 0 Å². The summed E-state index contributed by atoms with van der Waals surface area (Å²) in [5, 5.41) is 11.2. The van der Waals surface area contributed by atoms with Crippen LogP contribution >= 0.6 is 35.6 Å². The standard InChI is InChI=1S/C12H20ClN5.HI/c1-8(13)6-15-12(14-4)16-7-11-9(2)17-18(5)10(11)3;/h1,6-7H2,2-5H3,(H2,14,15,16);1H. The Balaban J connectivity index is 0.00000324. The van der Waals surface area contributed by atoms with Crippen LogP contribution in [0.1, 0.15) is 17.0 Å². The Hall–Kier alpha value is -0.760. The lowest BCUT2D eigenvalue weighted by molar-refractivity contribution is 0.729. The van der Waals surface area contributed by atoms with Gasteiger partial charge in [0.15, 0.2) is 5.96 Å². The molecule has 0 aliphatic heterocycles. The van der Waals surface area contributed by atoms with Gasteiger partial charge < -0.3 is 10.6 Å². The molecule has 0 radical (unpaired) electrons. The van der Waals surface area contributed by atoms with Crippen LogP contribution in [0, 0.1) is 13.8 Å². The maximum atomic E-state index is 5.70. The molecule has 1 rings (SSSR count). The Morgan fingerprint density at radius 3 is 2.47 bits per heavy atom. The molecule has 1 heterocycles. The van der Waals surface area contributed by atoms with Crippen LogP contribution in [0.4, 0.5) is 0 Å². The number of nitrogens with one attached hydrogen (secondary N) is 2. The molecule has 0 fully saturated rings. The first kappa shape index (κ1) is 18.2. The molecule has 2 N–H and O–H groups in total. The molecule has 1 aromatic rings. The maximum Gasteiger partial charge on any atom is 0.191 e. The monoisotopic (exact) mass is 397 g/mol. The zero-order chi connectivity index (χ0) is 13.7. The summed E-state index contributed by atoms with van der Waals surface area (Å²) in [6.45, 7) is 8.84. The van der Waals surface area contributed by atoms with Crippen molar-refractivity contribution in [3.8, 4) is 0 Å². The molecule has 7 heteroatoms. The van der Waals surface area contributed by atoms with Crippen LogP contribution in [0.2, 0.25) is 0 Å². The average Bonchev–Trinajstić information content (AvgIpc) is 2.54. The Morgan fingerprint density at radius 1 is 1.42 bits per heavy atom. The first-order chi connectivity index (χ1) is 8.45. The van der Waals surface area contributed by atoms with Crippen LogP contribution in [0.15, 0.2) is 16.6 Å². The summed E-state index contributed by atoms with van der Waals surface area (Å²) in [5.41, 5.74) is 3.36. The van der Waals surface area contributed by atoms with Gasteiger partial charge in [-0.1, -0.05) is 18.2 Å². The highest BCUT2D eigenvalue weighted by Gasteiger charge is 2.09. The Labute approximate surface area is 136 Å². The minimum atomic E-state index is 0. The lowest BCUT2D eigenvalue weighted by Gasteiger charge is -2.11. The SMILES string of the molecule is C=C(Cl)CNC(=NC)NCc1c(C)nn(C)c1C.I. The zero-order valence-corrected chi connectivity index (χ0v) is 14.8. The fraction of sp³-hybridized carbons (Fsp3) is 0.500. The maximum absolute atomic E-state index is 5.70. The minimum absolute atomic E-state index is 0. The molecule has 0 saturated heterocycles. The van der Waals surface area contributed by atoms with Crippen molar-refractivity contribution in [2.75, 3.05) is 13.6 Å². The normalized spacial score (nSPS) is 10.9. The van der Waals surface area contributed by atoms with Gasteiger partial charge in [0.25, 0.3) is 0 Å². The highest BCUT2D eigenvalue weighted by atomic mass is 127. The van der Waals surface area contributed by atoms with Crippen LogP contribution in [0.5, 0.6) is 0 Å². The molecule has 1 aromatic heterocycles. The highest BCUT2D eigenvalue weighted by molar-refractivity contribution is 14.0. The van der Waals surface area contributed by atoms with E-state index in [2.05, 4.69) is 27.3 Å². The molecule has 0 unspecified atom stereocenters. The van der Waals surface area contributed by atoms with E-state index in [0.29, 0.717) is 24.1 Å². The largest absolute Gasteiger partial charge is 0.352 e. The van der Waals surface area contributed by atoms with E-state index in [4.69, 9.17) is 11.6 Å². The molecular weight excluding hydrogens is 377 g/mol. The smallest absolute Gasteiger partial charge is 0.191 e. The lowest BCUT2D eigenvalue weighted by atomic mass is 10.2. The molecule has 0 aliphatic carbocycles. The molecule has 19 heavy (non-hydrogen) atoms. The Morgan fingerprint density at radius 2 is 2.05 bits per heavy atom. The third kappa shape index (κ3) is 5.40. The molecule has 108 valence electrons. The summed E-state index contributed by atoms with van der Waals surface area (Å²) in [4.78, 5) is 4.11. The number of nitrogens with zero attached hydrogens (tertiary/aromatic N) is 3. The quantitative estimate of drug-likeness (QED) is 0.465. The summed E-state index contributed by atoms with van der Waals surface area (Å²) >= 11 is 5.70. The predicted molar refractivity (Wildman–Crippen MR) is 91.3 cm³/mol. The molecule has 0 saturated carbocycles. The Bertz CT molecular complexity index is 467. The van der Waals surface area contributed by atoms with Crippen molar-refractivity contribution in [3.63, 3.8) is 0 Å². The first-order valence-electron chi connectivity index (χ1n) is 5.72. The zero-order valence-electron chi connectivity index (χ0n) is 11.7. The van der Waals surface area contributed by atoms with Crippen LogP contribution in [-0.2, 0) is 13.6 Å². The first-order valence-corrected chi connectivity index (χ1v) is 6.10. The van der Waals surface area contributed by atoms with Gasteiger partial charge in [-0.25, -0.2) is 0 Å². The van der Waals surface area contributed by atoms with Gasteiger partial charge in [-0.3, -0.25) is 9.67 Å². The van der Waals surface area contributed by atoms with Gasteiger partial charge in [0.05, 0.1) is 12.2 Å². The number of halogens is 2. The van der Waals surface area contributed by atoms with E-state index in [1.54, 1.807) is 7.05 Å². The van der Waals surface area contributed by atoms with E-state index >= 15 is 0 Å². The number of hydrogen-bond acceptors (Lipinski definition) is 2. The number of hydrogen-bond donors (Lipinski definition) is 2. The van der Waals surface area contributed by atoms with Gasteiger partial charge in [-0.15, -0.1) is 24.0 Å². The van der Waals surface area contributed by atoms with Crippen molar-refractivity contribution in [2.45, 2.75) is 20.4 Å². The molecule has 0 bridgehead atoms. The fourth-order valence-corrected chi connectivity index (χ4v) is 1.71. The van der Waals surface area contributed by atoms with Gasteiger partial charge in [-0.2, -0.15) is 5.10 Å². The summed E-state index contributed by atoms with van der Waals surface area (Å²) in [5.74, 6) is 0.694. The van der Waals surface area contributed by atoms with Crippen molar-refractivity contribution >= 4 is 41.5 Å². The third-order valence-electron chi connectivity index (χ3n) is 2.76. The second kappa shape index (κ2) is 8.42. The van der Waals surface area contributed by atoms with Crippen molar-refractivity contribution in [1.29, 1.82) is 0 Å². The second-order valence-electron chi connectivity index (χ2n) is 4.07. The van der Waals surface area contributed by atoms with Crippen molar-refractivity contribution < 1.29 is 0 Å². The molecule has 0 aliphatic rings. The molecule has 5 nitrogen and oxygen atoms in total. The van der Waals surface area contributed by atoms with Gasteiger partial charge in [0, 0.05) is 36.9 Å².